The van der Waals surface area contributed by atoms with Gasteiger partial charge in [-0.1, -0.05) is 18.2 Å². The first-order valence-corrected chi connectivity index (χ1v) is 8.68. The van der Waals surface area contributed by atoms with E-state index in [2.05, 4.69) is 16.4 Å². The second kappa shape index (κ2) is 7.95. The van der Waals surface area contributed by atoms with Gasteiger partial charge in [-0.2, -0.15) is 0 Å². The van der Waals surface area contributed by atoms with Crippen molar-refractivity contribution in [2.24, 2.45) is 0 Å². The fraction of sp³-hybridized carbons (Fsp3) is 0.286. The lowest BCUT2D eigenvalue weighted by Gasteiger charge is -2.18. The number of amides is 1. The van der Waals surface area contributed by atoms with Crippen LogP contribution in [0.3, 0.4) is 0 Å². The largest absolute Gasteiger partial charge is 0.497 e. The van der Waals surface area contributed by atoms with Gasteiger partial charge < -0.3 is 19.8 Å². The topological polar surface area (TPSA) is 63.4 Å². The molecule has 0 saturated heterocycles. The quantitative estimate of drug-likeness (QED) is 0.676. The number of carbonyl (C=O) groups excluding carboxylic acids is 1. The molecule has 0 saturated carbocycles. The summed E-state index contributed by atoms with van der Waals surface area (Å²) in [6.45, 7) is 1.95. The van der Waals surface area contributed by atoms with Gasteiger partial charge in [-0.3, -0.25) is 4.79 Å². The van der Waals surface area contributed by atoms with Crippen LogP contribution in [0.1, 0.15) is 30.5 Å². The number of para-hydroxylation sites is 1. The van der Waals surface area contributed by atoms with Gasteiger partial charge in [0.05, 0.1) is 20.3 Å². The number of hydrogen-bond donors (Lipinski definition) is 2. The highest BCUT2D eigenvalue weighted by atomic mass is 16.5. The van der Waals surface area contributed by atoms with Crippen molar-refractivity contribution < 1.29 is 14.3 Å². The maximum atomic E-state index is 12.4. The standard InChI is InChI=1S/C21H24N2O3/c1-14(18-12-16(25-2)9-10-20(18)26-3)23-21(24)11-8-15-13-22-19-7-5-4-6-17(15)19/h4-7,9-10,12-14,22H,8,11H2,1-3H3,(H,23,24)/t14-/m1/s1. The minimum atomic E-state index is -0.171. The molecular formula is C21H24N2O3. The smallest absolute Gasteiger partial charge is 0.220 e. The van der Waals surface area contributed by atoms with Gasteiger partial charge in [0.25, 0.3) is 0 Å². The monoisotopic (exact) mass is 352 g/mol. The molecule has 0 aliphatic rings. The second-order valence-corrected chi connectivity index (χ2v) is 6.26. The van der Waals surface area contributed by atoms with E-state index in [4.69, 9.17) is 9.47 Å². The van der Waals surface area contributed by atoms with Crippen molar-refractivity contribution in [3.05, 3.63) is 59.8 Å². The fourth-order valence-corrected chi connectivity index (χ4v) is 3.16. The third-order valence-corrected chi connectivity index (χ3v) is 4.58. The first-order valence-electron chi connectivity index (χ1n) is 8.68. The summed E-state index contributed by atoms with van der Waals surface area (Å²) < 4.78 is 10.7. The fourth-order valence-electron chi connectivity index (χ4n) is 3.16. The number of aromatic amines is 1. The van der Waals surface area contributed by atoms with Crippen molar-refractivity contribution in [1.29, 1.82) is 0 Å². The predicted molar refractivity (Wildman–Crippen MR) is 103 cm³/mol. The van der Waals surface area contributed by atoms with E-state index in [9.17, 15) is 4.79 Å². The van der Waals surface area contributed by atoms with Gasteiger partial charge in [0.15, 0.2) is 0 Å². The van der Waals surface area contributed by atoms with E-state index in [1.54, 1.807) is 14.2 Å². The van der Waals surface area contributed by atoms with Crippen LogP contribution in [0.2, 0.25) is 0 Å². The molecule has 0 spiro atoms. The molecule has 0 fully saturated rings. The van der Waals surface area contributed by atoms with Crippen LogP contribution >= 0.6 is 0 Å². The van der Waals surface area contributed by atoms with Gasteiger partial charge in [-0.05, 0) is 43.2 Å². The van der Waals surface area contributed by atoms with Crippen molar-refractivity contribution >= 4 is 16.8 Å². The van der Waals surface area contributed by atoms with Crippen LogP contribution in [0.4, 0.5) is 0 Å². The minimum Gasteiger partial charge on any atom is -0.497 e. The number of aromatic nitrogens is 1. The average molecular weight is 352 g/mol. The Labute approximate surface area is 153 Å². The number of ether oxygens (including phenoxy) is 2. The van der Waals surface area contributed by atoms with Crippen molar-refractivity contribution in [3.63, 3.8) is 0 Å². The van der Waals surface area contributed by atoms with Crippen molar-refractivity contribution in [3.8, 4) is 11.5 Å². The number of H-pyrrole nitrogens is 1. The molecule has 1 aromatic heterocycles. The normalized spacial score (nSPS) is 12.0. The molecule has 0 unspecified atom stereocenters. The molecule has 1 heterocycles. The first-order chi connectivity index (χ1) is 12.6. The summed E-state index contributed by atoms with van der Waals surface area (Å²) in [7, 11) is 3.24. The molecule has 1 atom stereocenters. The predicted octanol–water partition coefficient (Wildman–Crippen LogP) is 4.00. The van der Waals surface area contributed by atoms with E-state index in [1.165, 1.54) is 5.39 Å². The molecule has 0 aliphatic carbocycles. The summed E-state index contributed by atoms with van der Waals surface area (Å²) in [6.07, 6.45) is 3.10. The summed E-state index contributed by atoms with van der Waals surface area (Å²) in [5, 5.41) is 4.22. The molecule has 2 N–H and O–H groups in total. The van der Waals surface area contributed by atoms with Crippen LogP contribution in [0.15, 0.2) is 48.7 Å². The van der Waals surface area contributed by atoms with Gasteiger partial charge in [-0.25, -0.2) is 0 Å². The van der Waals surface area contributed by atoms with Crippen LogP contribution in [0, 0.1) is 0 Å². The lowest BCUT2D eigenvalue weighted by atomic mass is 10.1. The zero-order chi connectivity index (χ0) is 18.5. The molecule has 3 aromatic rings. The van der Waals surface area contributed by atoms with Crippen LogP contribution in [-0.4, -0.2) is 25.1 Å². The molecule has 5 nitrogen and oxygen atoms in total. The summed E-state index contributed by atoms with van der Waals surface area (Å²) in [6, 6.07) is 13.5. The van der Waals surface area contributed by atoms with E-state index in [0.717, 1.165) is 28.1 Å². The maximum Gasteiger partial charge on any atom is 0.220 e. The summed E-state index contributed by atoms with van der Waals surface area (Å²) in [5.41, 5.74) is 3.15. The van der Waals surface area contributed by atoms with Gasteiger partial charge in [0.2, 0.25) is 5.91 Å². The highest BCUT2D eigenvalue weighted by molar-refractivity contribution is 5.84. The molecule has 0 bridgehead atoms. The minimum absolute atomic E-state index is 0.00709. The van der Waals surface area contributed by atoms with Crippen LogP contribution in [0.5, 0.6) is 11.5 Å². The Morgan fingerprint density at radius 3 is 2.73 bits per heavy atom. The number of hydrogen-bond acceptors (Lipinski definition) is 3. The zero-order valence-corrected chi connectivity index (χ0v) is 15.3. The Hall–Kier alpha value is -2.95. The lowest BCUT2D eigenvalue weighted by Crippen LogP contribution is -2.27. The van der Waals surface area contributed by atoms with Crippen LogP contribution in [-0.2, 0) is 11.2 Å². The van der Waals surface area contributed by atoms with Gasteiger partial charge in [0.1, 0.15) is 11.5 Å². The maximum absolute atomic E-state index is 12.4. The molecule has 136 valence electrons. The third-order valence-electron chi connectivity index (χ3n) is 4.58. The van der Waals surface area contributed by atoms with E-state index < -0.39 is 0 Å². The Morgan fingerprint density at radius 1 is 1.15 bits per heavy atom. The summed E-state index contributed by atoms with van der Waals surface area (Å²) >= 11 is 0. The van der Waals surface area contributed by atoms with Crippen LogP contribution < -0.4 is 14.8 Å². The number of carbonyl (C=O) groups is 1. The number of fused-ring (bicyclic) bond motifs is 1. The number of methoxy groups -OCH3 is 2. The van der Waals surface area contributed by atoms with Crippen molar-refractivity contribution in [2.75, 3.05) is 14.2 Å². The highest BCUT2D eigenvalue weighted by Gasteiger charge is 2.15. The molecule has 26 heavy (non-hydrogen) atoms. The second-order valence-electron chi connectivity index (χ2n) is 6.26. The summed E-state index contributed by atoms with van der Waals surface area (Å²) in [4.78, 5) is 15.7. The Bertz CT molecular complexity index is 901. The van der Waals surface area contributed by atoms with Crippen molar-refractivity contribution in [1.82, 2.24) is 10.3 Å². The van der Waals surface area contributed by atoms with E-state index in [1.807, 2.05) is 49.5 Å². The third kappa shape index (κ3) is 3.82. The summed E-state index contributed by atoms with van der Waals surface area (Å²) in [5.74, 6) is 1.48. The zero-order valence-electron chi connectivity index (χ0n) is 15.3. The Kier molecular flexibility index (Phi) is 5.46. The van der Waals surface area contributed by atoms with Crippen LogP contribution in [0.25, 0.3) is 10.9 Å². The Balaban J connectivity index is 1.64. The van der Waals surface area contributed by atoms with E-state index >= 15 is 0 Å². The SMILES string of the molecule is COc1ccc(OC)c([C@@H](C)NC(=O)CCc2c[nH]c3ccccc23)c1. The average Bonchev–Trinajstić information content (AvgIpc) is 3.09. The molecular weight excluding hydrogens is 328 g/mol. The molecule has 1 amide bonds. The Morgan fingerprint density at radius 2 is 1.96 bits per heavy atom. The van der Waals surface area contributed by atoms with Gasteiger partial charge in [-0.15, -0.1) is 0 Å². The molecule has 0 aliphatic heterocycles. The number of rotatable bonds is 7. The van der Waals surface area contributed by atoms with Crippen molar-refractivity contribution in [2.45, 2.75) is 25.8 Å². The first kappa shape index (κ1) is 17.9. The highest BCUT2D eigenvalue weighted by Crippen LogP contribution is 2.29. The van der Waals surface area contributed by atoms with E-state index in [-0.39, 0.29) is 11.9 Å². The molecule has 2 aromatic carbocycles. The van der Waals surface area contributed by atoms with Gasteiger partial charge >= 0.3 is 0 Å². The lowest BCUT2D eigenvalue weighted by molar-refractivity contribution is -0.121. The van der Waals surface area contributed by atoms with Gasteiger partial charge in [0, 0.05) is 29.1 Å². The molecule has 0 radical (unpaired) electrons. The van der Waals surface area contributed by atoms with E-state index in [0.29, 0.717) is 12.8 Å². The number of aryl methyl sites for hydroxylation is 1. The number of nitrogens with one attached hydrogen (secondary N) is 2. The molecule has 5 heteroatoms. The molecule has 3 rings (SSSR count). The number of benzene rings is 2.